The van der Waals surface area contributed by atoms with E-state index in [4.69, 9.17) is 0 Å². The predicted octanol–water partition coefficient (Wildman–Crippen LogP) is 3.55. The van der Waals surface area contributed by atoms with Crippen LogP contribution in [-0.4, -0.2) is 40.6 Å². The summed E-state index contributed by atoms with van der Waals surface area (Å²) in [4.78, 5) is 41.0. The summed E-state index contributed by atoms with van der Waals surface area (Å²) in [7, 11) is 0. The number of amides is 3. The average molecular weight is 442 g/mol. The van der Waals surface area contributed by atoms with Crippen molar-refractivity contribution in [1.29, 1.82) is 0 Å². The van der Waals surface area contributed by atoms with Gasteiger partial charge in [-0.3, -0.25) is 14.4 Å². The third-order valence-corrected chi connectivity index (χ3v) is 5.85. The molecular formula is C27H27N3O3. The molecule has 0 radical (unpaired) electrons. The van der Waals surface area contributed by atoms with Crippen LogP contribution in [0.2, 0.25) is 0 Å². The summed E-state index contributed by atoms with van der Waals surface area (Å²) in [6, 6.07) is 26.5. The molecule has 3 aromatic carbocycles. The molecule has 4 rings (SSSR count). The maximum absolute atomic E-state index is 12.6. The zero-order valence-corrected chi connectivity index (χ0v) is 18.6. The SMILES string of the molecule is C[C@H](NC(=O)c1ccc(CN2CCN(Cc3ccccc3)C(=O)C2=O)cc1)c1ccccc1. The number of nitrogens with zero attached hydrogens (tertiary/aromatic N) is 2. The maximum atomic E-state index is 12.6. The molecule has 1 fully saturated rings. The molecule has 0 aliphatic carbocycles. The van der Waals surface area contributed by atoms with Crippen molar-refractivity contribution < 1.29 is 14.4 Å². The van der Waals surface area contributed by atoms with Crippen molar-refractivity contribution in [3.05, 3.63) is 107 Å². The lowest BCUT2D eigenvalue weighted by molar-refractivity contribution is -0.156. The van der Waals surface area contributed by atoms with Gasteiger partial charge in [0.1, 0.15) is 0 Å². The van der Waals surface area contributed by atoms with Gasteiger partial charge < -0.3 is 15.1 Å². The molecule has 168 valence electrons. The fraction of sp³-hybridized carbons (Fsp3) is 0.222. The molecule has 1 aliphatic heterocycles. The van der Waals surface area contributed by atoms with Crippen molar-refractivity contribution in [2.24, 2.45) is 0 Å². The molecule has 33 heavy (non-hydrogen) atoms. The lowest BCUT2D eigenvalue weighted by Gasteiger charge is -2.33. The van der Waals surface area contributed by atoms with Gasteiger partial charge in [0.05, 0.1) is 6.04 Å². The molecule has 1 aliphatic rings. The molecule has 0 unspecified atom stereocenters. The van der Waals surface area contributed by atoms with Gasteiger partial charge in [0.15, 0.2) is 0 Å². The first-order valence-electron chi connectivity index (χ1n) is 11.1. The van der Waals surface area contributed by atoms with E-state index in [0.717, 1.165) is 16.7 Å². The Balaban J connectivity index is 1.33. The summed E-state index contributed by atoms with van der Waals surface area (Å²) in [5.41, 5.74) is 3.47. The first-order valence-corrected chi connectivity index (χ1v) is 11.1. The van der Waals surface area contributed by atoms with Gasteiger partial charge in [0, 0.05) is 31.7 Å². The molecule has 3 aromatic rings. The first kappa shape index (κ1) is 22.3. The van der Waals surface area contributed by atoms with Crippen LogP contribution in [0.25, 0.3) is 0 Å². The van der Waals surface area contributed by atoms with Crippen LogP contribution in [0.1, 0.15) is 40.0 Å². The Morgan fingerprint density at radius 3 is 1.79 bits per heavy atom. The Morgan fingerprint density at radius 2 is 1.24 bits per heavy atom. The fourth-order valence-corrected chi connectivity index (χ4v) is 3.91. The van der Waals surface area contributed by atoms with Crippen molar-refractivity contribution in [2.45, 2.75) is 26.1 Å². The number of carbonyl (C=O) groups excluding carboxylic acids is 3. The van der Waals surface area contributed by atoms with Gasteiger partial charge in [0.2, 0.25) is 0 Å². The van der Waals surface area contributed by atoms with E-state index in [0.29, 0.717) is 31.7 Å². The molecule has 0 spiro atoms. The predicted molar refractivity (Wildman–Crippen MR) is 126 cm³/mol. The standard InChI is InChI=1S/C27H27N3O3/c1-20(23-10-6-3-7-11-23)28-25(31)24-14-12-22(13-15-24)19-30-17-16-29(26(32)27(30)33)18-21-8-4-2-5-9-21/h2-15,20H,16-19H2,1H3,(H,28,31)/t20-/m0/s1. The summed E-state index contributed by atoms with van der Waals surface area (Å²) in [6.45, 7) is 3.70. The van der Waals surface area contributed by atoms with Crippen LogP contribution >= 0.6 is 0 Å². The van der Waals surface area contributed by atoms with Crippen molar-refractivity contribution in [1.82, 2.24) is 15.1 Å². The van der Waals surface area contributed by atoms with E-state index in [2.05, 4.69) is 5.32 Å². The monoisotopic (exact) mass is 441 g/mol. The van der Waals surface area contributed by atoms with Crippen LogP contribution in [-0.2, 0) is 22.7 Å². The second-order valence-electron chi connectivity index (χ2n) is 8.24. The molecule has 1 atom stereocenters. The summed E-state index contributed by atoms with van der Waals surface area (Å²) in [5, 5.41) is 3.00. The van der Waals surface area contributed by atoms with Gasteiger partial charge in [-0.1, -0.05) is 72.8 Å². The van der Waals surface area contributed by atoms with Crippen LogP contribution < -0.4 is 5.32 Å². The zero-order valence-electron chi connectivity index (χ0n) is 18.6. The van der Waals surface area contributed by atoms with Crippen molar-refractivity contribution in [2.75, 3.05) is 13.1 Å². The number of benzene rings is 3. The van der Waals surface area contributed by atoms with Crippen molar-refractivity contribution >= 4 is 17.7 Å². The summed E-state index contributed by atoms with van der Waals surface area (Å²) in [5.74, 6) is -1.12. The highest BCUT2D eigenvalue weighted by Gasteiger charge is 2.32. The Labute approximate surface area is 193 Å². The summed E-state index contributed by atoms with van der Waals surface area (Å²) < 4.78 is 0. The molecule has 0 saturated carbocycles. The Kier molecular flexibility index (Phi) is 6.83. The van der Waals surface area contributed by atoms with Gasteiger partial charge >= 0.3 is 11.8 Å². The van der Waals surface area contributed by atoms with Gasteiger partial charge in [-0.25, -0.2) is 0 Å². The Hall–Kier alpha value is -3.93. The Morgan fingerprint density at radius 1 is 0.758 bits per heavy atom. The molecule has 6 nitrogen and oxygen atoms in total. The van der Waals surface area contributed by atoms with Gasteiger partial charge in [-0.05, 0) is 35.7 Å². The largest absolute Gasteiger partial charge is 0.346 e. The molecular weight excluding hydrogens is 414 g/mol. The topological polar surface area (TPSA) is 69.7 Å². The molecule has 1 heterocycles. The molecule has 0 aromatic heterocycles. The summed E-state index contributed by atoms with van der Waals surface area (Å²) in [6.07, 6.45) is 0. The number of piperazine rings is 1. The van der Waals surface area contributed by atoms with Crippen LogP contribution in [0.15, 0.2) is 84.9 Å². The van der Waals surface area contributed by atoms with Crippen LogP contribution in [0.5, 0.6) is 0 Å². The van der Waals surface area contributed by atoms with Crippen LogP contribution in [0.3, 0.4) is 0 Å². The third kappa shape index (κ3) is 5.47. The molecule has 0 bridgehead atoms. The minimum atomic E-state index is -0.490. The van der Waals surface area contributed by atoms with Gasteiger partial charge in [-0.15, -0.1) is 0 Å². The van der Waals surface area contributed by atoms with Crippen molar-refractivity contribution in [3.63, 3.8) is 0 Å². The quantitative estimate of drug-likeness (QED) is 0.570. The number of nitrogens with one attached hydrogen (secondary N) is 1. The van der Waals surface area contributed by atoms with Crippen LogP contribution in [0.4, 0.5) is 0 Å². The van der Waals surface area contributed by atoms with Crippen LogP contribution in [0, 0.1) is 0 Å². The van der Waals surface area contributed by atoms with E-state index in [1.165, 1.54) is 0 Å². The lowest BCUT2D eigenvalue weighted by atomic mass is 10.1. The van der Waals surface area contributed by atoms with E-state index in [1.54, 1.807) is 21.9 Å². The lowest BCUT2D eigenvalue weighted by Crippen LogP contribution is -2.53. The molecule has 1 N–H and O–H groups in total. The second kappa shape index (κ2) is 10.1. The minimum Gasteiger partial charge on any atom is -0.346 e. The maximum Gasteiger partial charge on any atom is 0.312 e. The van der Waals surface area contributed by atoms with E-state index in [9.17, 15) is 14.4 Å². The number of carbonyl (C=O) groups is 3. The normalized spacial score (nSPS) is 14.8. The molecule has 1 saturated heterocycles. The molecule has 6 heteroatoms. The molecule has 3 amide bonds. The Bertz CT molecular complexity index is 1110. The number of hydrogen-bond donors (Lipinski definition) is 1. The average Bonchev–Trinajstić information content (AvgIpc) is 2.85. The van der Waals surface area contributed by atoms with Crippen molar-refractivity contribution in [3.8, 4) is 0 Å². The van der Waals surface area contributed by atoms with Gasteiger partial charge in [-0.2, -0.15) is 0 Å². The highest BCUT2D eigenvalue weighted by atomic mass is 16.2. The summed E-state index contributed by atoms with van der Waals surface area (Å²) >= 11 is 0. The van der Waals surface area contributed by atoms with E-state index >= 15 is 0 Å². The fourth-order valence-electron chi connectivity index (χ4n) is 3.91. The number of hydrogen-bond acceptors (Lipinski definition) is 3. The highest BCUT2D eigenvalue weighted by Crippen LogP contribution is 2.16. The zero-order chi connectivity index (χ0) is 23.2. The van der Waals surface area contributed by atoms with E-state index in [1.807, 2.05) is 79.7 Å². The second-order valence-corrected chi connectivity index (χ2v) is 8.24. The van der Waals surface area contributed by atoms with E-state index < -0.39 is 11.8 Å². The smallest absolute Gasteiger partial charge is 0.312 e. The number of rotatable bonds is 7. The minimum absolute atomic E-state index is 0.103. The first-order chi connectivity index (χ1) is 16.0. The third-order valence-electron chi connectivity index (χ3n) is 5.85. The van der Waals surface area contributed by atoms with E-state index in [-0.39, 0.29) is 11.9 Å². The van der Waals surface area contributed by atoms with Gasteiger partial charge in [0.25, 0.3) is 5.91 Å². The highest BCUT2D eigenvalue weighted by molar-refractivity contribution is 6.35.